The molecule has 0 atom stereocenters. The number of rotatable bonds is 2. The van der Waals surface area contributed by atoms with Gasteiger partial charge in [-0.1, -0.05) is 40.2 Å². The van der Waals surface area contributed by atoms with Crippen LogP contribution in [-0.2, 0) is 4.79 Å². The molecular formula is C15H12BrNO2. The molecule has 1 amide bonds. The van der Waals surface area contributed by atoms with Gasteiger partial charge in [0, 0.05) is 11.8 Å². The van der Waals surface area contributed by atoms with E-state index >= 15 is 0 Å². The Kier molecular flexibility index (Phi) is 3.25. The smallest absolute Gasteiger partial charge is 0.232 e. The number of carbonyl (C=O) groups is 1. The number of carbonyl (C=O) groups excluding carboxylic acids is 1. The van der Waals surface area contributed by atoms with Crippen LogP contribution in [-0.4, -0.2) is 11.2 Å². The Balaban J connectivity index is 2.14. The van der Waals surface area contributed by atoms with Crippen molar-refractivity contribution in [1.82, 2.24) is 0 Å². The molecule has 1 aliphatic rings. The summed E-state index contributed by atoms with van der Waals surface area (Å²) in [5, 5.41) is 0.646. The molecule has 3 rings (SSSR count). The first-order valence-electron chi connectivity index (χ1n) is 6.06. The molecule has 2 aromatic rings. The fourth-order valence-electron chi connectivity index (χ4n) is 2.17. The SMILES string of the molecule is O=C(CCBr)N1c2ccccc2Oc2ccccc21. The van der Waals surface area contributed by atoms with Gasteiger partial charge < -0.3 is 4.74 Å². The molecule has 0 fully saturated rings. The van der Waals surface area contributed by atoms with E-state index in [2.05, 4.69) is 15.9 Å². The number of ether oxygens (including phenoxy) is 1. The first-order chi connectivity index (χ1) is 9.31. The number of hydrogen-bond acceptors (Lipinski definition) is 2. The highest BCUT2D eigenvalue weighted by Crippen LogP contribution is 2.46. The minimum absolute atomic E-state index is 0.0556. The maximum atomic E-state index is 12.4. The van der Waals surface area contributed by atoms with Gasteiger partial charge in [-0.05, 0) is 24.3 Å². The molecule has 1 heterocycles. The zero-order valence-corrected chi connectivity index (χ0v) is 11.8. The number of fused-ring (bicyclic) bond motifs is 2. The highest BCUT2D eigenvalue weighted by Gasteiger charge is 2.27. The van der Waals surface area contributed by atoms with Crippen LogP contribution < -0.4 is 9.64 Å². The first-order valence-corrected chi connectivity index (χ1v) is 7.18. The molecular weight excluding hydrogens is 306 g/mol. The number of amides is 1. The Morgan fingerprint density at radius 2 is 1.53 bits per heavy atom. The lowest BCUT2D eigenvalue weighted by Crippen LogP contribution is -2.28. The van der Waals surface area contributed by atoms with Crippen LogP contribution in [0, 0.1) is 0 Å². The lowest BCUT2D eigenvalue weighted by molar-refractivity contribution is -0.117. The van der Waals surface area contributed by atoms with Gasteiger partial charge in [-0.25, -0.2) is 0 Å². The van der Waals surface area contributed by atoms with Crippen LogP contribution >= 0.6 is 15.9 Å². The zero-order valence-electron chi connectivity index (χ0n) is 10.2. The summed E-state index contributed by atoms with van der Waals surface area (Å²) in [6, 6.07) is 15.2. The third-order valence-electron chi connectivity index (χ3n) is 2.99. The Morgan fingerprint density at radius 3 is 2.05 bits per heavy atom. The van der Waals surface area contributed by atoms with Gasteiger partial charge in [-0.3, -0.25) is 9.69 Å². The predicted octanol–water partition coefficient (Wildman–Crippen LogP) is 4.24. The molecule has 0 spiro atoms. The Labute approximate surface area is 119 Å². The van der Waals surface area contributed by atoms with E-state index in [0.29, 0.717) is 23.2 Å². The van der Waals surface area contributed by atoms with Gasteiger partial charge in [0.15, 0.2) is 11.5 Å². The van der Waals surface area contributed by atoms with Crippen molar-refractivity contribution in [2.24, 2.45) is 0 Å². The molecule has 4 heteroatoms. The molecule has 2 aromatic carbocycles. The summed E-state index contributed by atoms with van der Waals surface area (Å²) >= 11 is 3.32. The second-order valence-electron chi connectivity index (χ2n) is 4.21. The number of hydrogen-bond donors (Lipinski definition) is 0. The third kappa shape index (κ3) is 2.12. The van der Waals surface area contributed by atoms with Gasteiger partial charge in [-0.2, -0.15) is 0 Å². The monoisotopic (exact) mass is 317 g/mol. The van der Waals surface area contributed by atoms with Crippen LogP contribution in [0.15, 0.2) is 48.5 Å². The standard InChI is InChI=1S/C15H12BrNO2/c16-10-9-15(18)17-11-5-1-3-7-13(11)19-14-8-4-2-6-12(14)17/h1-8H,9-10H2. The minimum Gasteiger partial charge on any atom is -0.453 e. The number of halogens is 1. The molecule has 0 bridgehead atoms. The van der Waals surface area contributed by atoms with Crippen molar-refractivity contribution in [2.75, 3.05) is 10.2 Å². The number of alkyl halides is 1. The summed E-state index contributed by atoms with van der Waals surface area (Å²) in [6.07, 6.45) is 0.447. The number of nitrogens with zero attached hydrogens (tertiary/aromatic N) is 1. The van der Waals surface area contributed by atoms with Crippen LogP contribution in [0.1, 0.15) is 6.42 Å². The lowest BCUT2D eigenvalue weighted by atomic mass is 10.1. The van der Waals surface area contributed by atoms with Gasteiger partial charge in [0.1, 0.15) is 0 Å². The fraction of sp³-hybridized carbons (Fsp3) is 0.133. The van der Waals surface area contributed by atoms with Gasteiger partial charge in [0.25, 0.3) is 0 Å². The van der Waals surface area contributed by atoms with E-state index in [0.717, 1.165) is 11.4 Å². The van der Waals surface area contributed by atoms with Gasteiger partial charge in [-0.15, -0.1) is 0 Å². The Bertz CT molecular complexity index is 582. The van der Waals surface area contributed by atoms with Gasteiger partial charge >= 0.3 is 0 Å². The molecule has 0 unspecified atom stereocenters. The fourth-order valence-corrected chi connectivity index (χ4v) is 2.51. The van der Waals surface area contributed by atoms with Crippen LogP contribution in [0.5, 0.6) is 11.5 Å². The average Bonchev–Trinajstić information content (AvgIpc) is 2.44. The van der Waals surface area contributed by atoms with Crippen molar-refractivity contribution in [3.63, 3.8) is 0 Å². The molecule has 0 saturated heterocycles. The normalized spacial score (nSPS) is 12.4. The van der Waals surface area contributed by atoms with Crippen LogP contribution in [0.3, 0.4) is 0 Å². The highest BCUT2D eigenvalue weighted by molar-refractivity contribution is 9.09. The quantitative estimate of drug-likeness (QED) is 0.775. The Hall–Kier alpha value is -1.81. The van der Waals surface area contributed by atoms with E-state index in [-0.39, 0.29) is 5.91 Å². The molecule has 3 nitrogen and oxygen atoms in total. The van der Waals surface area contributed by atoms with Crippen molar-refractivity contribution in [1.29, 1.82) is 0 Å². The third-order valence-corrected chi connectivity index (χ3v) is 3.39. The molecule has 0 aromatic heterocycles. The van der Waals surface area contributed by atoms with Crippen molar-refractivity contribution in [3.05, 3.63) is 48.5 Å². The van der Waals surface area contributed by atoms with Crippen molar-refractivity contribution >= 4 is 33.2 Å². The van der Waals surface area contributed by atoms with Crippen molar-refractivity contribution < 1.29 is 9.53 Å². The first kappa shape index (κ1) is 12.2. The van der Waals surface area contributed by atoms with Crippen molar-refractivity contribution in [3.8, 4) is 11.5 Å². The highest BCUT2D eigenvalue weighted by atomic mass is 79.9. The average molecular weight is 318 g/mol. The largest absolute Gasteiger partial charge is 0.453 e. The number of benzene rings is 2. The summed E-state index contributed by atoms with van der Waals surface area (Å²) in [7, 11) is 0. The van der Waals surface area contributed by atoms with Crippen molar-refractivity contribution in [2.45, 2.75) is 6.42 Å². The molecule has 0 saturated carbocycles. The molecule has 0 aliphatic carbocycles. The second kappa shape index (κ2) is 5.05. The van der Waals surface area contributed by atoms with Crippen LogP contribution in [0.2, 0.25) is 0 Å². The molecule has 0 radical (unpaired) electrons. The summed E-state index contributed by atoms with van der Waals surface area (Å²) in [6.45, 7) is 0. The van der Waals surface area contributed by atoms with Gasteiger partial charge in [0.2, 0.25) is 5.91 Å². The maximum Gasteiger partial charge on any atom is 0.232 e. The predicted molar refractivity (Wildman–Crippen MR) is 78.5 cm³/mol. The topological polar surface area (TPSA) is 29.5 Å². The zero-order chi connectivity index (χ0) is 13.2. The summed E-state index contributed by atoms with van der Waals surface area (Å²) in [4.78, 5) is 14.1. The van der Waals surface area contributed by atoms with E-state index in [1.54, 1.807) is 4.90 Å². The van der Waals surface area contributed by atoms with Gasteiger partial charge in [0.05, 0.1) is 11.4 Å². The molecule has 19 heavy (non-hydrogen) atoms. The van der Waals surface area contributed by atoms with Crippen LogP contribution in [0.25, 0.3) is 0 Å². The lowest BCUT2D eigenvalue weighted by Gasteiger charge is -2.30. The summed E-state index contributed by atoms with van der Waals surface area (Å²) < 4.78 is 5.83. The van der Waals surface area contributed by atoms with E-state index in [9.17, 15) is 4.79 Å². The second-order valence-corrected chi connectivity index (χ2v) is 5.00. The van der Waals surface area contributed by atoms with E-state index in [1.807, 2.05) is 48.5 Å². The minimum atomic E-state index is 0.0556. The molecule has 0 N–H and O–H groups in total. The van der Waals surface area contributed by atoms with E-state index in [1.165, 1.54) is 0 Å². The summed E-state index contributed by atoms with van der Waals surface area (Å²) in [5.74, 6) is 1.48. The van der Waals surface area contributed by atoms with E-state index in [4.69, 9.17) is 4.74 Å². The number of anilines is 2. The van der Waals surface area contributed by atoms with Crippen LogP contribution in [0.4, 0.5) is 11.4 Å². The molecule has 96 valence electrons. The Morgan fingerprint density at radius 1 is 1.00 bits per heavy atom. The summed E-state index contributed by atoms with van der Waals surface area (Å²) in [5.41, 5.74) is 1.60. The van der Waals surface area contributed by atoms with E-state index < -0.39 is 0 Å². The molecule has 1 aliphatic heterocycles. The number of para-hydroxylation sites is 4. The maximum absolute atomic E-state index is 12.4.